The van der Waals surface area contributed by atoms with Gasteiger partial charge < -0.3 is 25.2 Å². The van der Waals surface area contributed by atoms with E-state index in [0.717, 1.165) is 0 Å². The number of nitrogens with one attached hydrogen (secondary N) is 3. The molecule has 3 aliphatic heterocycles. The number of aromatic nitrogens is 1. The quantitative estimate of drug-likeness (QED) is 0.282. The van der Waals surface area contributed by atoms with Gasteiger partial charge in [0.25, 0.3) is 5.91 Å². The third-order valence-electron chi connectivity index (χ3n) is 7.56. The molecule has 2 saturated heterocycles. The van der Waals surface area contributed by atoms with E-state index in [0.29, 0.717) is 49.4 Å². The van der Waals surface area contributed by atoms with Crippen LogP contribution in [0.4, 0.5) is 0 Å². The van der Waals surface area contributed by atoms with Crippen LogP contribution in [0.5, 0.6) is 5.75 Å². The Labute approximate surface area is 233 Å². The molecule has 2 fully saturated rings. The number of fused-ring (bicyclic) bond motifs is 1. The molecule has 3 aliphatic rings. The van der Waals surface area contributed by atoms with Crippen molar-refractivity contribution < 1.29 is 36.2 Å². The van der Waals surface area contributed by atoms with E-state index in [1.807, 2.05) is 0 Å². The van der Waals surface area contributed by atoms with Crippen molar-refractivity contribution in [3.8, 4) is 5.75 Å². The van der Waals surface area contributed by atoms with Gasteiger partial charge >= 0.3 is 0 Å². The minimum atomic E-state index is -3.79. The van der Waals surface area contributed by atoms with Crippen molar-refractivity contribution >= 4 is 26.0 Å². The number of piperidine rings is 1. The number of aliphatic hydroxyl groups excluding tert-OH is 1. The van der Waals surface area contributed by atoms with E-state index in [4.69, 9.17) is 9.47 Å². The van der Waals surface area contributed by atoms with Gasteiger partial charge in [0.15, 0.2) is 0 Å². The standard InChI is InChI=1S/C25H33N5O8S2/c1-26-39(33,34)20-4-2-3-19(9-20)37-16-18(31)12-27-17-11-25(38-15-17)5-7-30(8-6-25)40(35,36)21-10-22-23(28-13-21)14-29-24(22)32/h2-4,9-10,13,17-18,26-27,31H,5-8,11-12,14-16H2,1H3,(H,29,32)/t17?,18-/m0/s1. The lowest BCUT2D eigenvalue weighted by atomic mass is 9.88. The fourth-order valence-corrected chi connectivity index (χ4v) is 7.40. The lowest BCUT2D eigenvalue weighted by Gasteiger charge is -2.38. The molecular weight excluding hydrogens is 562 g/mol. The fraction of sp³-hybridized carbons (Fsp3) is 0.520. The Morgan fingerprint density at radius 1 is 1.23 bits per heavy atom. The summed E-state index contributed by atoms with van der Waals surface area (Å²) in [5, 5.41) is 16.3. The van der Waals surface area contributed by atoms with Crippen LogP contribution in [0, 0.1) is 0 Å². The number of ether oxygens (including phenoxy) is 2. The van der Waals surface area contributed by atoms with Crippen LogP contribution in [-0.2, 0) is 31.3 Å². The van der Waals surface area contributed by atoms with Crippen LogP contribution in [0.3, 0.4) is 0 Å². The number of hydrogen-bond donors (Lipinski definition) is 4. The summed E-state index contributed by atoms with van der Waals surface area (Å²) >= 11 is 0. The van der Waals surface area contributed by atoms with Gasteiger partial charge in [-0.1, -0.05) is 6.07 Å². The first-order valence-electron chi connectivity index (χ1n) is 13.0. The molecule has 13 nitrogen and oxygen atoms in total. The maximum absolute atomic E-state index is 13.2. The predicted octanol–water partition coefficient (Wildman–Crippen LogP) is -0.425. The summed E-state index contributed by atoms with van der Waals surface area (Å²) in [4.78, 5) is 16.2. The SMILES string of the molecule is CNS(=O)(=O)c1cccc(OC[C@@H](O)CNC2COC3(CCN(S(=O)(=O)c4cnc5c(c4)C(=O)NC5)CC3)C2)c1. The lowest BCUT2D eigenvalue weighted by molar-refractivity contribution is -0.0312. The summed E-state index contributed by atoms with van der Waals surface area (Å²) in [6, 6.07) is 7.42. The molecule has 0 radical (unpaired) electrons. The third-order valence-corrected chi connectivity index (χ3v) is 10.8. The largest absolute Gasteiger partial charge is 0.491 e. The van der Waals surface area contributed by atoms with Crippen molar-refractivity contribution in [1.82, 2.24) is 24.6 Å². The summed E-state index contributed by atoms with van der Waals surface area (Å²) in [5.41, 5.74) is 0.399. The zero-order valence-electron chi connectivity index (χ0n) is 22.0. The molecule has 0 aliphatic carbocycles. The Bertz CT molecular complexity index is 1480. The normalized spacial score (nSPS) is 21.8. The summed E-state index contributed by atoms with van der Waals surface area (Å²) < 4.78 is 65.7. The van der Waals surface area contributed by atoms with Gasteiger partial charge in [0.2, 0.25) is 20.0 Å². The van der Waals surface area contributed by atoms with Crippen molar-refractivity contribution in [1.29, 1.82) is 0 Å². The average molecular weight is 596 g/mol. The smallest absolute Gasteiger partial charge is 0.253 e. The monoisotopic (exact) mass is 595 g/mol. The number of aliphatic hydroxyl groups is 1. The molecule has 1 aromatic carbocycles. The fourth-order valence-electron chi connectivity index (χ4n) is 5.22. The molecule has 2 atom stereocenters. The maximum Gasteiger partial charge on any atom is 0.253 e. The van der Waals surface area contributed by atoms with Crippen LogP contribution < -0.4 is 20.1 Å². The molecule has 5 rings (SSSR count). The highest BCUT2D eigenvalue weighted by molar-refractivity contribution is 7.89. The van der Waals surface area contributed by atoms with Gasteiger partial charge in [0, 0.05) is 37.9 Å². The predicted molar refractivity (Wildman–Crippen MR) is 143 cm³/mol. The van der Waals surface area contributed by atoms with Gasteiger partial charge in [-0.2, -0.15) is 4.31 Å². The van der Waals surface area contributed by atoms with Gasteiger partial charge in [0.05, 0.1) is 34.9 Å². The number of sulfonamides is 2. The molecule has 2 aromatic rings. The first kappa shape index (κ1) is 28.9. The Kier molecular flexibility index (Phi) is 8.16. The van der Waals surface area contributed by atoms with Crippen molar-refractivity contribution in [2.45, 2.75) is 53.3 Å². The molecule has 218 valence electrons. The number of pyridine rings is 1. The van der Waals surface area contributed by atoms with E-state index in [2.05, 4.69) is 20.3 Å². The average Bonchev–Trinajstić information content (AvgIpc) is 3.53. The number of hydrogen-bond acceptors (Lipinski definition) is 10. The van der Waals surface area contributed by atoms with Gasteiger partial charge in [-0.3, -0.25) is 9.78 Å². The van der Waals surface area contributed by atoms with Gasteiger partial charge in [0.1, 0.15) is 23.4 Å². The highest BCUT2D eigenvalue weighted by Crippen LogP contribution is 2.37. The Morgan fingerprint density at radius 3 is 2.75 bits per heavy atom. The third kappa shape index (κ3) is 6.00. The highest BCUT2D eigenvalue weighted by Gasteiger charge is 2.45. The first-order valence-corrected chi connectivity index (χ1v) is 15.9. The van der Waals surface area contributed by atoms with E-state index in [1.165, 1.54) is 35.7 Å². The van der Waals surface area contributed by atoms with Crippen LogP contribution >= 0.6 is 0 Å². The topological polar surface area (TPSA) is 176 Å². The number of carbonyl (C=O) groups is 1. The van der Waals surface area contributed by atoms with Gasteiger partial charge in [-0.15, -0.1) is 0 Å². The van der Waals surface area contributed by atoms with Crippen LogP contribution in [0.1, 0.15) is 35.3 Å². The van der Waals surface area contributed by atoms with Crippen molar-refractivity contribution in [3.05, 3.63) is 47.8 Å². The van der Waals surface area contributed by atoms with Crippen molar-refractivity contribution in [3.63, 3.8) is 0 Å². The molecule has 4 N–H and O–H groups in total. The Morgan fingerprint density at radius 2 is 2.00 bits per heavy atom. The molecule has 1 amide bonds. The Balaban J connectivity index is 1.09. The van der Waals surface area contributed by atoms with E-state index in [1.54, 1.807) is 12.1 Å². The number of carbonyl (C=O) groups excluding carboxylic acids is 1. The molecule has 0 saturated carbocycles. The van der Waals surface area contributed by atoms with E-state index in [-0.39, 0.29) is 48.0 Å². The maximum atomic E-state index is 13.2. The zero-order chi connectivity index (χ0) is 28.5. The summed E-state index contributed by atoms with van der Waals surface area (Å²) in [7, 11) is -6.06. The molecule has 4 heterocycles. The van der Waals surface area contributed by atoms with Crippen LogP contribution in [-0.4, -0.2) is 94.8 Å². The summed E-state index contributed by atoms with van der Waals surface area (Å²) in [6.07, 6.45) is 2.21. The molecular formula is C25H33N5O8S2. The molecule has 15 heteroatoms. The highest BCUT2D eigenvalue weighted by atomic mass is 32.2. The second-order valence-corrected chi connectivity index (χ2v) is 14.0. The lowest BCUT2D eigenvalue weighted by Crippen LogP contribution is -2.47. The number of benzene rings is 1. The molecule has 1 aromatic heterocycles. The van der Waals surface area contributed by atoms with Crippen molar-refractivity contribution in [2.75, 3.05) is 39.9 Å². The van der Waals surface area contributed by atoms with Gasteiger partial charge in [-0.05, 0) is 44.5 Å². The second-order valence-electron chi connectivity index (χ2n) is 10.2. The summed E-state index contributed by atoms with van der Waals surface area (Å²) in [6.45, 7) is 1.54. The minimum absolute atomic E-state index is 0.0118. The van der Waals surface area contributed by atoms with Crippen LogP contribution in [0.15, 0.2) is 46.3 Å². The first-order chi connectivity index (χ1) is 19.0. The minimum Gasteiger partial charge on any atom is -0.491 e. The molecule has 1 spiro atoms. The van der Waals surface area contributed by atoms with E-state index >= 15 is 0 Å². The number of amides is 1. The molecule has 0 bridgehead atoms. The van der Waals surface area contributed by atoms with Crippen molar-refractivity contribution in [2.24, 2.45) is 0 Å². The second kappa shape index (κ2) is 11.3. The zero-order valence-corrected chi connectivity index (χ0v) is 23.6. The Hall–Kier alpha value is -2.66. The number of rotatable bonds is 10. The van der Waals surface area contributed by atoms with Gasteiger partial charge in [-0.25, -0.2) is 21.6 Å². The number of nitrogens with zero attached hydrogens (tertiary/aromatic N) is 2. The van der Waals surface area contributed by atoms with Crippen LogP contribution in [0.25, 0.3) is 0 Å². The van der Waals surface area contributed by atoms with E-state index in [9.17, 15) is 26.7 Å². The van der Waals surface area contributed by atoms with E-state index < -0.39 is 31.8 Å². The molecule has 40 heavy (non-hydrogen) atoms. The molecule has 1 unspecified atom stereocenters. The summed E-state index contributed by atoms with van der Waals surface area (Å²) in [5.74, 6) is 0.0140. The van der Waals surface area contributed by atoms with Crippen LogP contribution in [0.2, 0.25) is 0 Å².